The molecule has 1 aromatic rings. The minimum atomic E-state index is -0.893. The van der Waals surface area contributed by atoms with E-state index < -0.39 is 5.97 Å². The Morgan fingerprint density at radius 2 is 2.35 bits per heavy atom. The van der Waals surface area contributed by atoms with Gasteiger partial charge in [0.2, 0.25) is 5.91 Å². The van der Waals surface area contributed by atoms with E-state index in [1.54, 1.807) is 24.3 Å². The highest BCUT2D eigenvalue weighted by Gasteiger charge is 2.36. The van der Waals surface area contributed by atoms with Crippen molar-refractivity contribution >= 4 is 11.9 Å². The Labute approximate surface area is 117 Å². The number of rotatable bonds is 6. The van der Waals surface area contributed by atoms with E-state index in [2.05, 4.69) is 0 Å². The average molecular weight is 281 g/mol. The van der Waals surface area contributed by atoms with Gasteiger partial charge in [-0.2, -0.15) is 0 Å². The predicted molar refractivity (Wildman–Crippen MR) is 70.2 cm³/mol. The van der Waals surface area contributed by atoms with Crippen LogP contribution in [0, 0.1) is 0 Å². The van der Waals surface area contributed by atoms with Crippen LogP contribution in [0.4, 0.5) is 0 Å². The smallest absolute Gasteiger partial charge is 0.305 e. The molecule has 1 aliphatic heterocycles. The van der Waals surface area contributed by atoms with Gasteiger partial charge in [0.1, 0.15) is 5.76 Å². The highest BCUT2D eigenvalue weighted by Crippen LogP contribution is 2.23. The summed E-state index contributed by atoms with van der Waals surface area (Å²) in [6.45, 7) is 0.464. The van der Waals surface area contributed by atoms with Crippen molar-refractivity contribution in [1.29, 1.82) is 0 Å². The van der Waals surface area contributed by atoms with Crippen molar-refractivity contribution in [2.75, 3.05) is 13.7 Å². The van der Waals surface area contributed by atoms with Gasteiger partial charge in [-0.1, -0.05) is 0 Å². The van der Waals surface area contributed by atoms with Gasteiger partial charge in [-0.15, -0.1) is 0 Å². The zero-order chi connectivity index (χ0) is 14.5. The normalized spacial score (nSPS) is 22.1. The minimum Gasteiger partial charge on any atom is -0.481 e. The van der Waals surface area contributed by atoms with Crippen molar-refractivity contribution < 1.29 is 23.8 Å². The van der Waals surface area contributed by atoms with E-state index in [4.69, 9.17) is 14.3 Å². The van der Waals surface area contributed by atoms with Crippen molar-refractivity contribution in [3.63, 3.8) is 0 Å². The Kier molecular flexibility index (Phi) is 4.79. The number of methoxy groups -OCH3 is 1. The molecule has 1 fully saturated rings. The van der Waals surface area contributed by atoms with Crippen LogP contribution >= 0.6 is 0 Å². The molecule has 1 saturated heterocycles. The van der Waals surface area contributed by atoms with E-state index in [0.717, 1.165) is 5.76 Å². The van der Waals surface area contributed by atoms with Gasteiger partial charge in [0.25, 0.3) is 0 Å². The lowest BCUT2D eigenvalue weighted by atomic mass is 10.1. The summed E-state index contributed by atoms with van der Waals surface area (Å²) in [5.74, 6) is -0.182. The van der Waals surface area contributed by atoms with Crippen LogP contribution in [-0.2, 0) is 20.7 Å². The zero-order valence-corrected chi connectivity index (χ0v) is 11.4. The molecule has 0 saturated carbocycles. The molecular weight excluding hydrogens is 262 g/mol. The van der Waals surface area contributed by atoms with Crippen LogP contribution in [0.2, 0.25) is 0 Å². The number of aryl methyl sites for hydroxylation is 1. The fourth-order valence-electron chi connectivity index (χ4n) is 2.57. The Morgan fingerprint density at radius 3 is 2.95 bits per heavy atom. The molecule has 0 bridgehead atoms. The molecule has 20 heavy (non-hydrogen) atoms. The number of carbonyl (C=O) groups excluding carboxylic acids is 1. The number of ether oxygens (including phenoxy) is 1. The standard InChI is InChI=1S/C14H19NO5/c1-19-12-7-10(8-14(17)18)15(9-12)13(16)5-4-11-3-2-6-20-11/h2-3,6,10,12H,4-5,7-9H2,1H3,(H,17,18). The summed E-state index contributed by atoms with van der Waals surface area (Å²) in [5, 5.41) is 8.92. The molecule has 0 radical (unpaired) electrons. The number of aliphatic carboxylic acids is 1. The zero-order valence-electron chi connectivity index (χ0n) is 11.4. The van der Waals surface area contributed by atoms with Crippen LogP contribution in [0.3, 0.4) is 0 Å². The first-order valence-corrected chi connectivity index (χ1v) is 6.66. The molecular formula is C14H19NO5. The molecule has 0 spiro atoms. The molecule has 2 rings (SSSR count). The lowest BCUT2D eigenvalue weighted by Gasteiger charge is -2.23. The molecule has 2 unspecified atom stereocenters. The molecule has 1 N–H and O–H groups in total. The third-order valence-corrected chi connectivity index (χ3v) is 3.61. The summed E-state index contributed by atoms with van der Waals surface area (Å²) in [5.41, 5.74) is 0. The van der Waals surface area contributed by atoms with Crippen molar-refractivity contribution in [2.45, 2.75) is 37.8 Å². The number of furan rings is 1. The van der Waals surface area contributed by atoms with Gasteiger partial charge >= 0.3 is 5.97 Å². The van der Waals surface area contributed by atoms with Gasteiger partial charge in [0.15, 0.2) is 0 Å². The highest BCUT2D eigenvalue weighted by atomic mass is 16.5. The topological polar surface area (TPSA) is 80.0 Å². The van der Waals surface area contributed by atoms with Crippen LogP contribution in [-0.4, -0.2) is 47.7 Å². The molecule has 6 heteroatoms. The van der Waals surface area contributed by atoms with Crippen molar-refractivity contribution in [1.82, 2.24) is 4.90 Å². The summed E-state index contributed by atoms with van der Waals surface area (Å²) in [4.78, 5) is 24.7. The first kappa shape index (κ1) is 14.6. The monoisotopic (exact) mass is 281 g/mol. The number of nitrogens with zero attached hydrogens (tertiary/aromatic N) is 1. The van der Waals surface area contributed by atoms with Gasteiger partial charge in [0.05, 0.1) is 18.8 Å². The van der Waals surface area contributed by atoms with Gasteiger partial charge in [-0.3, -0.25) is 9.59 Å². The Balaban J connectivity index is 1.93. The largest absolute Gasteiger partial charge is 0.481 e. The number of amides is 1. The molecule has 1 aliphatic rings. The summed E-state index contributed by atoms with van der Waals surface area (Å²) in [7, 11) is 1.58. The maximum absolute atomic E-state index is 12.2. The molecule has 6 nitrogen and oxygen atoms in total. The first-order valence-electron chi connectivity index (χ1n) is 6.66. The SMILES string of the molecule is COC1CC(CC(=O)O)N(C(=O)CCc2ccco2)C1. The Morgan fingerprint density at radius 1 is 1.55 bits per heavy atom. The minimum absolute atomic E-state index is 0.0354. The van der Waals surface area contributed by atoms with Gasteiger partial charge in [-0.05, 0) is 18.6 Å². The van der Waals surface area contributed by atoms with Gasteiger partial charge < -0.3 is 19.2 Å². The van der Waals surface area contributed by atoms with Crippen molar-refractivity contribution in [3.8, 4) is 0 Å². The van der Waals surface area contributed by atoms with Crippen LogP contribution in [0.25, 0.3) is 0 Å². The second kappa shape index (κ2) is 6.56. The Bertz CT molecular complexity index is 456. The van der Waals surface area contributed by atoms with Crippen LogP contribution < -0.4 is 0 Å². The van der Waals surface area contributed by atoms with E-state index in [1.807, 2.05) is 6.07 Å². The summed E-state index contributed by atoms with van der Waals surface area (Å²) >= 11 is 0. The maximum Gasteiger partial charge on any atom is 0.305 e. The highest BCUT2D eigenvalue weighted by molar-refractivity contribution is 5.78. The molecule has 1 aromatic heterocycles. The van der Waals surface area contributed by atoms with Gasteiger partial charge in [-0.25, -0.2) is 0 Å². The second-order valence-corrected chi connectivity index (χ2v) is 4.97. The second-order valence-electron chi connectivity index (χ2n) is 4.97. The predicted octanol–water partition coefficient (Wildman–Crippen LogP) is 1.30. The molecule has 2 atom stereocenters. The third-order valence-electron chi connectivity index (χ3n) is 3.61. The lowest BCUT2D eigenvalue weighted by molar-refractivity contribution is -0.139. The number of hydrogen-bond donors (Lipinski definition) is 1. The maximum atomic E-state index is 12.2. The van der Waals surface area contributed by atoms with Crippen molar-refractivity contribution in [2.24, 2.45) is 0 Å². The molecule has 2 heterocycles. The fraction of sp³-hybridized carbons (Fsp3) is 0.571. The molecule has 110 valence electrons. The van der Waals surface area contributed by atoms with Crippen LogP contribution in [0.15, 0.2) is 22.8 Å². The number of carboxylic acids is 1. The molecule has 0 aliphatic carbocycles. The van der Waals surface area contributed by atoms with E-state index in [-0.39, 0.29) is 24.5 Å². The number of carboxylic acid groups (broad SMARTS) is 1. The van der Waals surface area contributed by atoms with Crippen molar-refractivity contribution in [3.05, 3.63) is 24.2 Å². The number of hydrogen-bond acceptors (Lipinski definition) is 4. The Hall–Kier alpha value is -1.82. The lowest BCUT2D eigenvalue weighted by Crippen LogP contribution is -2.37. The summed E-state index contributed by atoms with van der Waals surface area (Å²) < 4.78 is 10.4. The van der Waals surface area contributed by atoms with Crippen LogP contribution in [0.1, 0.15) is 25.0 Å². The molecule has 0 aromatic carbocycles. The van der Waals surface area contributed by atoms with E-state index in [9.17, 15) is 9.59 Å². The average Bonchev–Trinajstić information content (AvgIpc) is 3.04. The van der Waals surface area contributed by atoms with Crippen LogP contribution in [0.5, 0.6) is 0 Å². The van der Waals surface area contributed by atoms with E-state index in [1.165, 1.54) is 0 Å². The summed E-state index contributed by atoms with van der Waals surface area (Å²) in [6.07, 6.45) is 2.89. The fourth-order valence-corrected chi connectivity index (χ4v) is 2.57. The van der Waals surface area contributed by atoms with E-state index >= 15 is 0 Å². The first-order chi connectivity index (χ1) is 9.60. The van der Waals surface area contributed by atoms with Gasteiger partial charge in [0, 0.05) is 32.5 Å². The number of likely N-dealkylation sites (tertiary alicyclic amines) is 1. The number of carbonyl (C=O) groups is 2. The quantitative estimate of drug-likeness (QED) is 0.850. The summed E-state index contributed by atoms with van der Waals surface area (Å²) in [6, 6.07) is 3.33. The van der Waals surface area contributed by atoms with E-state index in [0.29, 0.717) is 25.8 Å². The third kappa shape index (κ3) is 3.60. The molecule has 1 amide bonds.